The molecule has 2 rings (SSSR count). The van der Waals surface area contributed by atoms with Crippen molar-refractivity contribution in [3.63, 3.8) is 0 Å². The van der Waals surface area contributed by atoms with E-state index in [2.05, 4.69) is 12.2 Å². The minimum Gasteiger partial charge on any atom is -0.326 e. The van der Waals surface area contributed by atoms with Gasteiger partial charge in [0.2, 0.25) is 5.91 Å². The highest BCUT2D eigenvalue weighted by Gasteiger charge is 2.14. The Balaban J connectivity index is 2.06. The van der Waals surface area contributed by atoms with Gasteiger partial charge >= 0.3 is 0 Å². The molecule has 18 heavy (non-hydrogen) atoms. The highest BCUT2D eigenvalue weighted by molar-refractivity contribution is 5.95. The van der Waals surface area contributed by atoms with Gasteiger partial charge in [0.1, 0.15) is 0 Å². The average Bonchev–Trinajstić information content (AvgIpc) is 2.41. The summed E-state index contributed by atoms with van der Waals surface area (Å²) in [6.07, 6.45) is 0. The van der Waals surface area contributed by atoms with Gasteiger partial charge in [-0.2, -0.15) is 0 Å². The van der Waals surface area contributed by atoms with E-state index >= 15 is 0 Å². The summed E-state index contributed by atoms with van der Waals surface area (Å²) in [5.74, 6) is -0.163. The van der Waals surface area contributed by atoms with Crippen molar-refractivity contribution in [1.29, 1.82) is 0 Å². The molecule has 0 aliphatic carbocycles. The Morgan fingerprint density at radius 2 is 1.67 bits per heavy atom. The molecule has 1 radical (unpaired) electrons. The molecule has 0 heterocycles. The fourth-order valence-corrected chi connectivity index (χ4v) is 1.73. The summed E-state index contributed by atoms with van der Waals surface area (Å²) in [6.45, 7) is 5.71. The van der Waals surface area contributed by atoms with Gasteiger partial charge in [-0.1, -0.05) is 42.5 Å². The van der Waals surface area contributed by atoms with Crippen LogP contribution in [0.25, 0.3) is 0 Å². The Kier molecular flexibility index (Phi) is 3.78. The molecule has 2 aromatic rings. The van der Waals surface area contributed by atoms with Crippen LogP contribution in [-0.4, -0.2) is 5.91 Å². The molecule has 1 amide bonds. The number of amides is 1. The summed E-state index contributed by atoms with van der Waals surface area (Å²) in [5.41, 5.74) is 2.75. The predicted octanol–water partition coefficient (Wildman–Crippen LogP) is 3.61. The highest BCUT2D eigenvalue weighted by Crippen LogP contribution is 2.17. The number of hydrogen-bond donors (Lipinski definition) is 1. The molecule has 2 aromatic carbocycles. The molecule has 2 nitrogen and oxygen atoms in total. The van der Waals surface area contributed by atoms with Crippen LogP contribution in [0.4, 0.5) is 5.69 Å². The molecule has 1 atom stereocenters. The Morgan fingerprint density at radius 1 is 1.06 bits per heavy atom. The number of nitrogens with one attached hydrogen (secondary N) is 1. The first kappa shape index (κ1) is 12.4. The third-order valence-electron chi connectivity index (χ3n) is 2.91. The van der Waals surface area contributed by atoms with Crippen LogP contribution >= 0.6 is 0 Å². The van der Waals surface area contributed by atoms with E-state index < -0.39 is 0 Å². The maximum Gasteiger partial charge on any atom is 0.231 e. The standard InChI is InChI=1S/C16H16NO/c1-12-8-10-15(11-9-12)17-16(18)13(2)14-6-4-3-5-7-14/h3-11,13H,1H2,2H3,(H,17,18). The molecule has 0 aliphatic heterocycles. The van der Waals surface area contributed by atoms with Crippen LogP contribution in [0, 0.1) is 6.92 Å². The number of rotatable bonds is 3. The molecule has 0 saturated heterocycles. The lowest BCUT2D eigenvalue weighted by Crippen LogP contribution is -2.18. The van der Waals surface area contributed by atoms with Crippen molar-refractivity contribution in [2.24, 2.45) is 0 Å². The molecule has 91 valence electrons. The van der Waals surface area contributed by atoms with Crippen LogP contribution in [-0.2, 0) is 4.79 Å². The van der Waals surface area contributed by atoms with Crippen molar-refractivity contribution < 1.29 is 4.79 Å². The van der Waals surface area contributed by atoms with Crippen LogP contribution < -0.4 is 5.32 Å². The minimum absolute atomic E-state index is 0.00184. The largest absolute Gasteiger partial charge is 0.326 e. The maximum atomic E-state index is 12.1. The van der Waals surface area contributed by atoms with Crippen molar-refractivity contribution in [1.82, 2.24) is 0 Å². The Bertz CT molecular complexity index is 517. The second kappa shape index (κ2) is 5.50. The second-order valence-electron chi connectivity index (χ2n) is 4.32. The van der Waals surface area contributed by atoms with Crippen molar-refractivity contribution in [2.75, 3.05) is 5.32 Å². The third-order valence-corrected chi connectivity index (χ3v) is 2.91. The number of hydrogen-bond acceptors (Lipinski definition) is 1. The third kappa shape index (κ3) is 2.98. The van der Waals surface area contributed by atoms with Crippen LogP contribution in [0.15, 0.2) is 54.6 Å². The van der Waals surface area contributed by atoms with Crippen molar-refractivity contribution in [3.05, 3.63) is 72.6 Å². The normalized spacial score (nSPS) is 11.9. The van der Waals surface area contributed by atoms with Crippen molar-refractivity contribution in [2.45, 2.75) is 12.8 Å². The highest BCUT2D eigenvalue weighted by atomic mass is 16.1. The molecule has 1 unspecified atom stereocenters. The van der Waals surface area contributed by atoms with E-state index in [1.54, 1.807) is 0 Å². The lowest BCUT2D eigenvalue weighted by Gasteiger charge is -2.12. The monoisotopic (exact) mass is 238 g/mol. The summed E-state index contributed by atoms with van der Waals surface area (Å²) in [7, 11) is 0. The average molecular weight is 238 g/mol. The smallest absolute Gasteiger partial charge is 0.231 e. The van der Waals surface area contributed by atoms with Crippen LogP contribution in [0.3, 0.4) is 0 Å². The van der Waals surface area contributed by atoms with Gasteiger partial charge in [-0.3, -0.25) is 4.79 Å². The Hall–Kier alpha value is -2.09. The molecular formula is C16H16NO. The minimum atomic E-state index is -0.161. The van der Waals surface area contributed by atoms with Gasteiger partial charge in [-0.25, -0.2) is 0 Å². The zero-order valence-corrected chi connectivity index (χ0v) is 10.4. The molecule has 0 saturated carbocycles. The van der Waals surface area contributed by atoms with Gasteiger partial charge in [0, 0.05) is 5.69 Å². The van der Waals surface area contributed by atoms with E-state index in [0.29, 0.717) is 0 Å². The summed E-state index contributed by atoms with van der Waals surface area (Å²) in [6, 6.07) is 17.2. The fraction of sp³-hybridized carbons (Fsp3) is 0.125. The van der Waals surface area contributed by atoms with Crippen molar-refractivity contribution >= 4 is 11.6 Å². The van der Waals surface area contributed by atoms with E-state index in [-0.39, 0.29) is 11.8 Å². The zero-order chi connectivity index (χ0) is 13.0. The van der Waals surface area contributed by atoms with Crippen molar-refractivity contribution in [3.8, 4) is 0 Å². The Labute approximate surface area is 108 Å². The fourth-order valence-electron chi connectivity index (χ4n) is 1.73. The van der Waals surface area contributed by atoms with E-state index in [0.717, 1.165) is 16.8 Å². The van der Waals surface area contributed by atoms with E-state index in [4.69, 9.17) is 0 Å². The van der Waals surface area contributed by atoms with E-state index in [9.17, 15) is 4.79 Å². The molecule has 2 heteroatoms. The summed E-state index contributed by atoms with van der Waals surface area (Å²) < 4.78 is 0. The second-order valence-corrected chi connectivity index (χ2v) is 4.32. The first-order chi connectivity index (χ1) is 8.66. The quantitative estimate of drug-likeness (QED) is 0.869. The van der Waals surface area contributed by atoms with Gasteiger partial charge in [-0.15, -0.1) is 0 Å². The molecule has 0 fully saturated rings. The van der Waals surface area contributed by atoms with Crippen LogP contribution in [0.1, 0.15) is 24.0 Å². The van der Waals surface area contributed by atoms with Gasteiger partial charge in [-0.05, 0) is 37.1 Å². The van der Waals surface area contributed by atoms with E-state index in [1.165, 1.54) is 0 Å². The molecular weight excluding hydrogens is 222 g/mol. The lowest BCUT2D eigenvalue weighted by molar-refractivity contribution is -0.117. The van der Waals surface area contributed by atoms with Gasteiger partial charge < -0.3 is 5.32 Å². The van der Waals surface area contributed by atoms with Gasteiger partial charge in [0.25, 0.3) is 0 Å². The molecule has 0 bridgehead atoms. The number of benzene rings is 2. The Morgan fingerprint density at radius 3 is 2.28 bits per heavy atom. The van der Waals surface area contributed by atoms with Crippen LogP contribution in [0.2, 0.25) is 0 Å². The zero-order valence-electron chi connectivity index (χ0n) is 10.4. The maximum absolute atomic E-state index is 12.1. The number of carbonyl (C=O) groups is 1. The first-order valence-corrected chi connectivity index (χ1v) is 5.94. The molecule has 0 aromatic heterocycles. The lowest BCUT2D eigenvalue weighted by atomic mass is 10.0. The first-order valence-electron chi connectivity index (χ1n) is 5.94. The summed E-state index contributed by atoms with van der Waals surface area (Å²) in [5, 5.41) is 2.90. The number of carbonyl (C=O) groups excluding carboxylic acids is 1. The van der Waals surface area contributed by atoms with E-state index in [1.807, 2.05) is 61.5 Å². The topological polar surface area (TPSA) is 29.1 Å². The molecule has 1 N–H and O–H groups in total. The number of anilines is 1. The summed E-state index contributed by atoms with van der Waals surface area (Å²) in [4.78, 5) is 12.1. The van der Waals surface area contributed by atoms with Crippen LogP contribution in [0.5, 0.6) is 0 Å². The summed E-state index contributed by atoms with van der Waals surface area (Å²) >= 11 is 0. The SMILES string of the molecule is [CH2]c1ccc(NC(=O)C(C)c2ccccc2)cc1. The molecule has 0 spiro atoms. The predicted molar refractivity (Wildman–Crippen MR) is 74.4 cm³/mol. The molecule has 0 aliphatic rings. The van der Waals surface area contributed by atoms with Gasteiger partial charge in [0.05, 0.1) is 5.92 Å². The van der Waals surface area contributed by atoms with Gasteiger partial charge in [0.15, 0.2) is 0 Å².